The molecule has 3 aromatic carbocycles. The fourth-order valence-electron chi connectivity index (χ4n) is 2.67. The normalized spacial score (nSPS) is 11.5. The quantitative estimate of drug-likeness (QED) is 0.742. The van der Waals surface area contributed by atoms with Gasteiger partial charge < -0.3 is 0 Å². The van der Waals surface area contributed by atoms with Gasteiger partial charge >= 0.3 is 0 Å². The van der Waals surface area contributed by atoms with E-state index in [0.717, 1.165) is 22.3 Å². The van der Waals surface area contributed by atoms with Crippen LogP contribution in [0.2, 0.25) is 5.02 Å². The fourth-order valence-corrected chi connectivity index (χ4v) is 3.60. The molecule has 0 saturated heterocycles. The van der Waals surface area contributed by atoms with Crippen molar-refractivity contribution < 1.29 is 8.42 Å². The minimum absolute atomic E-state index is 0.107. The van der Waals surface area contributed by atoms with E-state index >= 15 is 0 Å². The van der Waals surface area contributed by atoms with Gasteiger partial charge in [-0.1, -0.05) is 66.2 Å². The summed E-state index contributed by atoms with van der Waals surface area (Å²) in [5.74, 6) is 0. The van der Waals surface area contributed by atoms with Gasteiger partial charge in [-0.15, -0.1) is 0 Å². The highest BCUT2D eigenvalue weighted by atomic mass is 35.5. The number of rotatable bonds is 3. The number of sulfonamides is 1. The van der Waals surface area contributed by atoms with Crippen LogP contribution in [0.5, 0.6) is 0 Å². The second kappa shape index (κ2) is 6.40. The van der Waals surface area contributed by atoms with E-state index in [1.807, 2.05) is 49.4 Å². The maximum absolute atomic E-state index is 11.9. The summed E-state index contributed by atoms with van der Waals surface area (Å²) in [4.78, 5) is 0.107. The molecular weight excluding hydrogens is 342 g/mol. The summed E-state index contributed by atoms with van der Waals surface area (Å²) in [7, 11) is -3.82. The first-order valence-electron chi connectivity index (χ1n) is 7.35. The number of benzene rings is 3. The van der Waals surface area contributed by atoms with Gasteiger partial charge in [0.2, 0.25) is 10.0 Å². The Morgan fingerprint density at radius 2 is 1.42 bits per heavy atom. The predicted octanol–water partition coefficient (Wildman–Crippen LogP) is 4.63. The van der Waals surface area contributed by atoms with E-state index in [1.54, 1.807) is 18.2 Å². The van der Waals surface area contributed by atoms with Crippen LogP contribution in [0.25, 0.3) is 22.3 Å². The molecule has 0 aliphatic heterocycles. The monoisotopic (exact) mass is 357 g/mol. The zero-order valence-corrected chi connectivity index (χ0v) is 14.6. The van der Waals surface area contributed by atoms with Gasteiger partial charge in [0, 0.05) is 10.6 Å². The van der Waals surface area contributed by atoms with Crippen LogP contribution >= 0.6 is 11.6 Å². The zero-order valence-electron chi connectivity index (χ0n) is 13.0. The highest BCUT2D eigenvalue weighted by Gasteiger charge is 2.17. The van der Waals surface area contributed by atoms with E-state index in [2.05, 4.69) is 0 Å². The Balaban J connectivity index is 2.27. The van der Waals surface area contributed by atoms with Crippen molar-refractivity contribution in [3.63, 3.8) is 0 Å². The first-order valence-corrected chi connectivity index (χ1v) is 9.28. The van der Waals surface area contributed by atoms with Crippen LogP contribution in [-0.4, -0.2) is 8.42 Å². The van der Waals surface area contributed by atoms with Crippen LogP contribution < -0.4 is 5.14 Å². The molecule has 0 atom stereocenters. The molecule has 0 spiro atoms. The Hall–Kier alpha value is -2.14. The van der Waals surface area contributed by atoms with Crippen molar-refractivity contribution in [2.75, 3.05) is 0 Å². The van der Waals surface area contributed by atoms with Gasteiger partial charge in [0.05, 0.1) is 4.90 Å². The van der Waals surface area contributed by atoms with Crippen molar-refractivity contribution in [1.29, 1.82) is 0 Å². The molecule has 0 heterocycles. The predicted molar refractivity (Wildman–Crippen MR) is 98.4 cm³/mol. The molecule has 3 rings (SSSR count). The van der Waals surface area contributed by atoms with Gasteiger partial charge in [-0.2, -0.15) is 0 Å². The number of hydrogen-bond acceptors (Lipinski definition) is 2. The molecule has 5 heteroatoms. The fraction of sp³-hybridized carbons (Fsp3) is 0.0526. The maximum atomic E-state index is 11.9. The average Bonchev–Trinajstić information content (AvgIpc) is 2.57. The van der Waals surface area contributed by atoms with Gasteiger partial charge in [0.1, 0.15) is 0 Å². The van der Waals surface area contributed by atoms with Crippen molar-refractivity contribution in [2.24, 2.45) is 5.14 Å². The van der Waals surface area contributed by atoms with Crippen molar-refractivity contribution in [3.8, 4) is 22.3 Å². The Bertz CT molecular complexity index is 1010. The Morgan fingerprint density at radius 3 is 2.04 bits per heavy atom. The van der Waals surface area contributed by atoms with Gasteiger partial charge in [-0.05, 0) is 41.3 Å². The highest BCUT2D eigenvalue weighted by Crippen LogP contribution is 2.36. The van der Waals surface area contributed by atoms with Crippen LogP contribution in [0.3, 0.4) is 0 Å². The third-order valence-electron chi connectivity index (χ3n) is 3.89. The van der Waals surface area contributed by atoms with Crippen molar-refractivity contribution >= 4 is 21.6 Å². The molecule has 0 bridgehead atoms. The van der Waals surface area contributed by atoms with Crippen LogP contribution in [0, 0.1) is 6.92 Å². The van der Waals surface area contributed by atoms with Crippen LogP contribution in [0.1, 0.15) is 5.56 Å². The first kappa shape index (κ1) is 16.7. The molecule has 0 radical (unpaired) electrons. The minimum atomic E-state index is -3.82. The summed E-state index contributed by atoms with van der Waals surface area (Å²) in [6.45, 7) is 1.94. The molecule has 0 unspecified atom stereocenters. The molecule has 0 aliphatic carbocycles. The molecule has 0 aromatic heterocycles. The molecular formula is C19H16ClNO2S. The van der Waals surface area contributed by atoms with E-state index < -0.39 is 10.0 Å². The lowest BCUT2D eigenvalue weighted by molar-refractivity contribution is 0.598. The van der Waals surface area contributed by atoms with Crippen molar-refractivity contribution in [2.45, 2.75) is 11.8 Å². The topological polar surface area (TPSA) is 60.2 Å². The van der Waals surface area contributed by atoms with Crippen molar-refractivity contribution in [3.05, 3.63) is 77.3 Å². The second-order valence-electron chi connectivity index (χ2n) is 5.55. The third-order valence-corrected chi connectivity index (χ3v) is 5.27. The lowest BCUT2D eigenvalue weighted by Crippen LogP contribution is -2.13. The average molecular weight is 358 g/mol. The number of halogens is 1. The van der Waals surface area contributed by atoms with Crippen LogP contribution in [-0.2, 0) is 10.0 Å². The third kappa shape index (κ3) is 3.22. The standard InChI is InChI=1S/C19H16ClNO2S/c1-13-10-11-14(12-18(13)20)15-6-2-3-7-16(15)17-8-4-5-9-19(17)24(21,22)23/h2-12H,1H3,(H2,21,22,23). The summed E-state index contributed by atoms with van der Waals surface area (Å²) in [6.07, 6.45) is 0. The molecule has 0 aliphatic rings. The Morgan fingerprint density at radius 1 is 0.833 bits per heavy atom. The molecule has 24 heavy (non-hydrogen) atoms. The Kier molecular flexibility index (Phi) is 4.45. The maximum Gasteiger partial charge on any atom is 0.238 e. The minimum Gasteiger partial charge on any atom is -0.225 e. The number of hydrogen-bond donors (Lipinski definition) is 1. The highest BCUT2D eigenvalue weighted by molar-refractivity contribution is 7.89. The smallest absolute Gasteiger partial charge is 0.225 e. The van der Waals surface area contributed by atoms with E-state index in [0.29, 0.717) is 10.6 Å². The van der Waals surface area contributed by atoms with Gasteiger partial charge in [0.25, 0.3) is 0 Å². The molecule has 0 fully saturated rings. The second-order valence-corrected chi connectivity index (χ2v) is 7.49. The summed E-state index contributed by atoms with van der Waals surface area (Å²) in [5.41, 5.74) is 4.18. The van der Waals surface area contributed by atoms with E-state index in [1.165, 1.54) is 6.07 Å². The van der Waals surface area contributed by atoms with Gasteiger partial charge in [-0.3, -0.25) is 0 Å². The van der Waals surface area contributed by atoms with E-state index in [4.69, 9.17) is 16.7 Å². The van der Waals surface area contributed by atoms with Gasteiger partial charge in [0.15, 0.2) is 0 Å². The molecule has 0 amide bonds. The largest absolute Gasteiger partial charge is 0.238 e. The summed E-state index contributed by atoms with van der Waals surface area (Å²) in [5, 5.41) is 6.05. The molecule has 122 valence electrons. The number of primary sulfonamides is 1. The van der Waals surface area contributed by atoms with Crippen LogP contribution in [0.4, 0.5) is 0 Å². The summed E-state index contributed by atoms with van der Waals surface area (Å²) >= 11 is 6.25. The lowest BCUT2D eigenvalue weighted by atomic mass is 9.94. The number of aryl methyl sites for hydroxylation is 1. The summed E-state index contributed by atoms with van der Waals surface area (Å²) in [6, 6.07) is 20.1. The molecule has 3 aromatic rings. The SMILES string of the molecule is Cc1ccc(-c2ccccc2-c2ccccc2S(N)(=O)=O)cc1Cl. The first-order chi connectivity index (χ1) is 11.4. The molecule has 0 saturated carbocycles. The van der Waals surface area contributed by atoms with Crippen LogP contribution in [0.15, 0.2) is 71.6 Å². The van der Waals surface area contributed by atoms with Gasteiger partial charge in [-0.25, -0.2) is 13.6 Å². The van der Waals surface area contributed by atoms with E-state index in [9.17, 15) is 8.42 Å². The summed E-state index contributed by atoms with van der Waals surface area (Å²) < 4.78 is 23.9. The number of nitrogens with two attached hydrogens (primary N) is 1. The molecule has 3 nitrogen and oxygen atoms in total. The molecule has 2 N–H and O–H groups in total. The van der Waals surface area contributed by atoms with E-state index in [-0.39, 0.29) is 4.90 Å². The Labute approximate surface area is 146 Å². The zero-order chi connectivity index (χ0) is 17.3. The lowest BCUT2D eigenvalue weighted by Gasteiger charge is -2.14. The van der Waals surface area contributed by atoms with Crippen molar-refractivity contribution in [1.82, 2.24) is 0 Å².